The van der Waals surface area contributed by atoms with Gasteiger partial charge in [0, 0.05) is 75.3 Å². The largest absolute Gasteiger partial charge is 0.361 e. The topological polar surface area (TPSA) is 81.3 Å². The zero-order chi connectivity index (χ0) is 29.4. The van der Waals surface area contributed by atoms with Crippen LogP contribution < -0.4 is 0 Å². The van der Waals surface area contributed by atoms with Gasteiger partial charge in [-0.2, -0.15) is 5.10 Å². The minimum atomic E-state index is -1.13. The first-order valence-corrected chi connectivity index (χ1v) is 18.6. The van der Waals surface area contributed by atoms with E-state index >= 15 is 0 Å². The number of ether oxygens (including phenoxy) is 1. The van der Waals surface area contributed by atoms with Crippen molar-refractivity contribution in [1.82, 2.24) is 34.1 Å². The number of carbonyl (C=O) groups excluding carboxylic acids is 1. The molecular weight excluding hydrogens is 549 g/mol. The summed E-state index contributed by atoms with van der Waals surface area (Å²) in [5.74, 6) is -0.466. The third-order valence-electron chi connectivity index (χ3n) is 8.62. The molecule has 1 aromatic carbocycles. The van der Waals surface area contributed by atoms with Gasteiger partial charge in [-0.05, 0) is 50.1 Å². The summed E-state index contributed by atoms with van der Waals surface area (Å²) in [6.07, 6.45) is 9.45. The molecule has 0 bridgehead atoms. The van der Waals surface area contributed by atoms with Gasteiger partial charge in [0.15, 0.2) is 0 Å². The van der Waals surface area contributed by atoms with Crippen LogP contribution in [0, 0.1) is 5.82 Å². The third-order valence-corrected chi connectivity index (χ3v) is 10.3. The summed E-state index contributed by atoms with van der Waals surface area (Å²) >= 11 is 0. The molecule has 2 saturated heterocycles. The molecule has 0 N–H and O–H groups in total. The number of hydrogen-bond acceptors (Lipinski definition) is 6. The van der Waals surface area contributed by atoms with E-state index in [2.05, 4.69) is 58.4 Å². The van der Waals surface area contributed by atoms with Crippen molar-refractivity contribution in [3.8, 4) is 11.3 Å². The molecule has 0 spiro atoms. The van der Waals surface area contributed by atoms with E-state index in [0.717, 1.165) is 60.9 Å². The van der Waals surface area contributed by atoms with E-state index in [-0.39, 0.29) is 17.8 Å². The van der Waals surface area contributed by atoms with Crippen LogP contribution >= 0.6 is 0 Å². The highest BCUT2D eigenvalue weighted by molar-refractivity contribution is 6.76. The van der Waals surface area contributed by atoms with Crippen molar-refractivity contribution in [2.24, 2.45) is 0 Å². The number of hydrogen-bond donors (Lipinski definition) is 0. The number of likely N-dealkylation sites (tertiary alicyclic amines) is 2. The lowest BCUT2D eigenvalue weighted by atomic mass is 9.92. The van der Waals surface area contributed by atoms with E-state index < -0.39 is 8.07 Å². The minimum Gasteiger partial charge on any atom is -0.361 e. The van der Waals surface area contributed by atoms with Crippen LogP contribution in [-0.4, -0.2) is 86.4 Å². The van der Waals surface area contributed by atoms with E-state index in [0.29, 0.717) is 30.9 Å². The van der Waals surface area contributed by atoms with Crippen molar-refractivity contribution in [2.75, 3.05) is 26.2 Å². The maximum absolute atomic E-state index is 13.6. The average Bonchev–Trinajstić information content (AvgIpc) is 3.57. The zero-order valence-corrected chi connectivity index (χ0v) is 25.9. The van der Waals surface area contributed by atoms with E-state index in [1.165, 1.54) is 12.1 Å². The molecule has 222 valence electrons. The van der Waals surface area contributed by atoms with Crippen molar-refractivity contribution in [2.45, 2.75) is 70.3 Å². The molecule has 42 heavy (non-hydrogen) atoms. The summed E-state index contributed by atoms with van der Waals surface area (Å²) in [5.41, 5.74) is 3.15. The van der Waals surface area contributed by atoms with Gasteiger partial charge in [0.25, 0.3) is 5.91 Å². The minimum absolute atomic E-state index is 0.0882. The molecule has 4 aromatic rings. The second-order valence-corrected chi connectivity index (χ2v) is 18.6. The number of aromatic nitrogens is 5. The first kappa shape index (κ1) is 28.7. The highest BCUT2D eigenvalue weighted by Gasteiger charge is 2.38. The summed E-state index contributed by atoms with van der Waals surface area (Å²) < 4.78 is 23.7. The Labute approximate surface area is 247 Å². The van der Waals surface area contributed by atoms with Crippen molar-refractivity contribution < 1.29 is 13.9 Å². The number of halogens is 1. The lowest BCUT2D eigenvalue weighted by Gasteiger charge is -2.48. The zero-order valence-electron chi connectivity index (χ0n) is 24.9. The highest BCUT2D eigenvalue weighted by Crippen LogP contribution is 2.32. The molecule has 9 nitrogen and oxygen atoms in total. The van der Waals surface area contributed by atoms with Gasteiger partial charge in [-0.1, -0.05) is 25.7 Å². The molecule has 5 heterocycles. The van der Waals surface area contributed by atoms with Gasteiger partial charge in [0.1, 0.15) is 24.5 Å². The highest BCUT2D eigenvalue weighted by atomic mass is 28.3. The first-order valence-electron chi connectivity index (χ1n) is 14.9. The molecule has 2 aliphatic heterocycles. The molecule has 2 unspecified atom stereocenters. The Bertz CT molecular complexity index is 1560. The Morgan fingerprint density at radius 3 is 2.74 bits per heavy atom. The second-order valence-electron chi connectivity index (χ2n) is 12.9. The second kappa shape index (κ2) is 11.7. The number of piperidine rings is 1. The predicted molar refractivity (Wildman–Crippen MR) is 163 cm³/mol. The molecule has 2 atom stereocenters. The normalized spacial score (nSPS) is 20.3. The van der Waals surface area contributed by atoms with Crippen LogP contribution in [0.2, 0.25) is 25.7 Å². The molecule has 6 rings (SSSR count). The summed E-state index contributed by atoms with van der Waals surface area (Å²) in [6, 6.07) is 10.0. The molecule has 0 aliphatic carbocycles. The van der Waals surface area contributed by atoms with Gasteiger partial charge < -0.3 is 14.2 Å². The average molecular weight is 590 g/mol. The predicted octanol–water partition coefficient (Wildman–Crippen LogP) is 5.30. The molecule has 2 fully saturated rings. The fraction of sp³-hybridized carbons (Fsp3) is 0.484. The van der Waals surface area contributed by atoms with Gasteiger partial charge in [-0.3, -0.25) is 14.4 Å². The van der Waals surface area contributed by atoms with Gasteiger partial charge >= 0.3 is 0 Å². The smallest absolute Gasteiger partial charge is 0.254 e. The van der Waals surface area contributed by atoms with Crippen molar-refractivity contribution in [1.29, 1.82) is 0 Å². The van der Waals surface area contributed by atoms with Crippen LogP contribution in [0.15, 0.2) is 55.2 Å². The number of amides is 1. The molecule has 3 aromatic heterocycles. The van der Waals surface area contributed by atoms with Gasteiger partial charge in [-0.25, -0.2) is 14.4 Å². The Morgan fingerprint density at radius 2 is 1.98 bits per heavy atom. The van der Waals surface area contributed by atoms with Crippen LogP contribution in [0.4, 0.5) is 4.39 Å². The Kier molecular flexibility index (Phi) is 7.99. The number of benzene rings is 1. The quantitative estimate of drug-likeness (QED) is 0.195. The Balaban J connectivity index is 1.04. The maximum atomic E-state index is 13.6. The van der Waals surface area contributed by atoms with Crippen molar-refractivity contribution in [3.63, 3.8) is 0 Å². The van der Waals surface area contributed by atoms with Crippen molar-refractivity contribution in [3.05, 3.63) is 66.6 Å². The Morgan fingerprint density at radius 1 is 1.14 bits per heavy atom. The maximum Gasteiger partial charge on any atom is 0.254 e. The first-order chi connectivity index (χ1) is 20.2. The standard InChI is InChI=1S/C31H40FN7O2Si/c1-22-14-26(8-11-38(22)31(40)23-6-5-7-25(32)15-23)37-18-27(19-37)39-17-24(16-35-39)29-28-9-10-36(30(28)34-20-33-29)21-41-12-13-42(2,3)4/h5-7,9-10,15-17,20,22,26-27H,8,11-14,18-19,21H2,1-4H3. The van der Waals surface area contributed by atoms with E-state index in [9.17, 15) is 9.18 Å². The summed E-state index contributed by atoms with van der Waals surface area (Å²) in [7, 11) is -1.13. The lowest BCUT2D eigenvalue weighted by Crippen LogP contribution is -2.58. The molecule has 0 saturated carbocycles. The van der Waals surface area contributed by atoms with Crippen LogP contribution in [0.5, 0.6) is 0 Å². The van der Waals surface area contributed by atoms with Gasteiger partial charge in [0.2, 0.25) is 0 Å². The van der Waals surface area contributed by atoms with Gasteiger partial charge in [-0.15, -0.1) is 0 Å². The molecule has 0 radical (unpaired) electrons. The fourth-order valence-corrected chi connectivity index (χ4v) is 6.82. The lowest BCUT2D eigenvalue weighted by molar-refractivity contribution is 0.00621. The van der Waals surface area contributed by atoms with E-state index in [1.807, 2.05) is 21.9 Å². The number of nitrogens with zero attached hydrogens (tertiary/aromatic N) is 7. The number of rotatable bonds is 9. The summed E-state index contributed by atoms with van der Waals surface area (Å²) in [6.45, 7) is 13.0. The monoisotopic (exact) mass is 589 g/mol. The SMILES string of the molecule is CC1CC(N2CC(n3cc(-c4ncnc5c4ccn5COCC[Si](C)(C)C)cn3)C2)CCN1C(=O)c1cccc(F)c1. The fourth-order valence-electron chi connectivity index (χ4n) is 6.06. The molecule has 1 amide bonds. The van der Waals surface area contributed by atoms with Crippen LogP contribution in [-0.2, 0) is 11.5 Å². The third kappa shape index (κ3) is 6.04. The molecule has 2 aliphatic rings. The van der Waals surface area contributed by atoms with Crippen LogP contribution in [0.1, 0.15) is 36.2 Å². The van der Waals surface area contributed by atoms with Crippen molar-refractivity contribution >= 4 is 25.0 Å². The van der Waals surface area contributed by atoms with E-state index in [1.54, 1.807) is 18.5 Å². The number of carbonyl (C=O) groups is 1. The summed E-state index contributed by atoms with van der Waals surface area (Å²) in [4.78, 5) is 26.5. The number of fused-ring (bicyclic) bond motifs is 1. The van der Waals surface area contributed by atoms with E-state index in [4.69, 9.17) is 9.84 Å². The summed E-state index contributed by atoms with van der Waals surface area (Å²) in [5, 5.41) is 5.70. The molecular formula is C31H40FN7O2Si. The van der Waals surface area contributed by atoms with Crippen LogP contribution in [0.25, 0.3) is 22.3 Å². The Hall–Kier alpha value is -3.41. The molecule has 11 heteroatoms. The van der Waals surface area contributed by atoms with Crippen LogP contribution in [0.3, 0.4) is 0 Å². The van der Waals surface area contributed by atoms with Gasteiger partial charge in [0.05, 0.1) is 17.9 Å².